The van der Waals surface area contributed by atoms with Gasteiger partial charge in [-0.3, -0.25) is 14.5 Å². The van der Waals surface area contributed by atoms with Crippen molar-refractivity contribution < 1.29 is 13.2 Å². The lowest BCUT2D eigenvalue weighted by molar-refractivity contribution is 0.0951. The summed E-state index contributed by atoms with van der Waals surface area (Å²) in [5.74, 6) is 0.113. The zero-order chi connectivity index (χ0) is 27.4. The first-order valence-electron chi connectivity index (χ1n) is 12.3. The van der Waals surface area contributed by atoms with Gasteiger partial charge in [0.05, 0.1) is 26.2 Å². The number of hydrogen-bond donors (Lipinski definition) is 2. The maximum Gasteiger partial charge on any atom is 0.262 e. The van der Waals surface area contributed by atoms with Gasteiger partial charge < -0.3 is 10.2 Å². The summed E-state index contributed by atoms with van der Waals surface area (Å²) >= 11 is 18.7. The summed E-state index contributed by atoms with van der Waals surface area (Å²) in [5, 5.41) is 3.61. The van der Waals surface area contributed by atoms with Crippen molar-refractivity contribution in [2.24, 2.45) is 5.92 Å². The quantitative estimate of drug-likeness (QED) is 0.310. The molecule has 2 N–H and O–H groups in total. The van der Waals surface area contributed by atoms with Crippen LogP contribution in [0.3, 0.4) is 0 Å². The lowest BCUT2D eigenvalue weighted by Crippen LogP contribution is -2.35. The normalized spacial score (nSPS) is 14.4. The molecule has 1 fully saturated rings. The van der Waals surface area contributed by atoms with E-state index in [1.807, 2.05) is 12.1 Å². The van der Waals surface area contributed by atoms with Crippen LogP contribution < -0.4 is 14.9 Å². The first-order chi connectivity index (χ1) is 18.0. The van der Waals surface area contributed by atoms with Crippen LogP contribution in [0.1, 0.15) is 40.7 Å². The number of piperidine rings is 1. The summed E-state index contributed by atoms with van der Waals surface area (Å²) in [4.78, 5) is 19.4. The second kappa shape index (κ2) is 12.1. The zero-order valence-electron chi connectivity index (χ0n) is 21.1. The molecule has 0 unspecified atom stereocenters. The predicted molar refractivity (Wildman–Crippen MR) is 154 cm³/mol. The number of nitrogens with one attached hydrogen (secondary N) is 2. The molecule has 1 aromatic heterocycles. The average molecular weight is 596 g/mol. The van der Waals surface area contributed by atoms with Crippen molar-refractivity contribution in [2.75, 3.05) is 29.3 Å². The Balaban J connectivity index is 1.38. The molecule has 3 aromatic rings. The Labute approximate surface area is 238 Å². The van der Waals surface area contributed by atoms with Gasteiger partial charge in [0, 0.05) is 42.7 Å². The third-order valence-corrected chi connectivity index (χ3v) is 9.31. The Morgan fingerprint density at radius 2 is 1.66 bits per heavy atom. The largest absolute Gasteiger partial charge is 0.371 e. The minimum atomic E-state index is -3.99. The molecule has 202 valence electrons. The number of aryl methyl sites for hydroxylation is 2. The van der Waals surface area contributed by atoms with Crippen LogP contribution in [-0.4, -0.2) is 38.9 Å². The van der Waals surface area contributed by atoms with E-state index < -0.39 is 10.0 Å². The van der Waals surface area contributed by atoms with Gasteiger partial charge in [-0.15, -0.1) is 0 Å². The van der Waals surface area contributed by atoms with Crippen molar-refractivity contribution in [2.45, 2.75) is 38.0 Å². The van der Waals surface area contributed by atoms with E-state index in [1.54, 1.807) is 32.3 Å². The second-order valence-corrected chi connectivity index (χ2v) is 12.3. The van der Waals surface area contributed by atoms with Crippen LogP contribution in [0.15, 0.2) is 53.7 Å². The Morgan fingerprint density at radius 1 is 0.974 bits per heavy atom. The topological polar surface area (TPSA) is 91.4 Å². The monoisotopic (exact) mass is 594 g/mol. The fourth-order valence-corrected chi connectivity index (χ4v) is 6.74. The highest BCUT2D eigenvalue weighted by molar-refractivity contribution is 7.92. The van der Waals surface area contributed by atoms with E-state index in [-0.39, 0.29) is 32.1 Å². The standard InChI is InChI=1S/C27H29Cl3N4O3S/c1-17-14-26(18(2)13-22(17)28)38(36,37)33-25-15-21(23(29)16-24(25)30)27(35)32-10-3-19-6-11-34(12-7-19)20-4-8-31-9-5-20/h4-5,8-9,13-16,19,33H,3,6-7,10-12H2,1-2H3,(H,32,35). The summed E-state index contributed by atoms with van der Waals surface area (Å²) in [6.45, 7) is 5.79. The maximum atomic E-state index is 13.1. The minimum Gasteiger partial charge on any atom is -0.371 e. The highest BCUT2D eigenvalue weighted by Crippen LogP contribution is 2.32. The average Bonchev–Trinajstić information content (AvgIpc) is 2.88. The number of aromatic nitrogens is 1. The number of nitrogens with zero attached hydrogens (tertiary/aromatic N) is 2. The van der Waals surface area contributed by atoms with Crippen molar-refractivity contribution in [3.8, 4) is 0 Å². The molecular formula is C27H29Cl3N4O3S. The van der Waals surface area contributed by atoms with Crippen LogP contribution in [0.25, 0.3) is 0 Å². The fourth-order valence-electron chi connectivity index (χ4n) is 4.56. The molecule has 2 aromatic carbocycles. The first-order valence-corrected chi connectivity index (χ1v) is 14.9. The molecule has 4 rings (SSSR count). The van der Waals surface area contributed by atoms with Crippen molar-refractivity contribution in [1.82, 2.24) is 10.3 Å². The van der Waals surface area contributed by atoms with Gasteiger partial charge in [-0.05, 0) is 86.6 Å². The summed E-state index contributed by atoms with van der Waals surface area (Å²) in [6, 6.07) is 9.86. The molecular weight excluding hydrogens is 567 g/mol. The molecule has 0 spiro atoms. The van der Waals surface area contributed by atoms with Crippen LogP contribution >= 0.6 is 34.8 Å². The summed E-state index contributed by atoms with van der Waals surface area (Å²) < 4.78 is 28.7. The van der Waals surface area contributed by atoms with E-state index in [2.05, 4.69) is 19.9 Å². The van der Waals surface area contributed by atoms with Crippen LogP contribution in [0.4, 0.5) is 11.4 Å². The van der Waals surface area contributed by atoms with E-state index in [0.29, 0.717) is 28.6 Å². The predicted octanol–water partition coefficient (Wildman–Crippen LogP) is 6.50. The number of anilines is 2. The number of sulfonamides is 1. The summed E-state index contributed by atoms with van der Waals surface area (Å²) in [5.41, 5.74) is 2.50. The van der Waals surface area contributed by atoms with Gasteiger partial charge in [-0.2, -0.15) is 0 Å². The van der Waals surface area contributed by atoms with Crippen molar-refractivity contribution >= 4 is 62.1 Å². The lowest BCUT2D eigenvalue weighted by Gasteiger charge is -2.33. The van der Waals surface area contributed by atoms with Gasteiger partial charge in [-0.25, -0.2) is 8.42 Å². The molecule has 11 heteroatoms. The van der Waals surface area contributed by atoms with E-state index >= 15 is 0 Å². The molecule has 38 heavy (non-hydrogen) atoms. The highest BCUT2D eigenvalue weighted by atomic mass is 35.5. The molecule has 0 aliphatic carbocycles. The summed E-state index contributed by atoms with van der Waals surface area (Å²) in [6.07, 6.45) is 6.52. The Morgan fingerprint density at radius 3 is 2.34 bits per heavy atom. The number of rotatable bonds is 8. The SMILES string of the molecule is Cc1cc(S(=O)(=O)Nc2cc(C(=O)NCCC3CCN(c4ccncc4)CC3)c(Cl)cc2Cl)c(C)cc1Cl. The van der Waals surface area contributed by atoms with E-state index in [4.69, 9.17) is 34.8 Å². The Kier molecular flexibility index (Phi) is 9.08. The van der Waals surface area contributed by atoms with Crippen molar-refractivity contribution in [1.29, 1.82) is 0 Å². The van der Waals surface area contributed by atoms with E-state index in [9.17, 15) is 13.2 Å². The number of hydrogen-bond acceptors (Lipinski definition) is 5. The Bertz CT molecular complexity index is 1430. The van der Waals surface area contributed by atoms with Crippen LogP contribution in [0.5, 0.6) is 0 Å². The molecule has 1 aliphatic rings. The molecule has 1 saturated heterocycles. The van der Waals surface area contributed by atoms with Gasteiger partial charge >= 0.3 is 0 Å². The molecule has 1 amide bonds. The number of carbonyl (C=O) groups excluding carboxylic acids is 1. The molecule has 0 saturated carbocycles. The number of benzene rings is 2. The number of halogens is 3. The molecule has 0 bridgehead atoms. The van der Waals surface area contributed by atoms with Crippen LogP contribution in [0.2, 0.25) is 15.1 Å². The van der Waals surface area contributed by atoms with Crippen LogP contribution in [-0.2, 0) is 10.0 Å². The number of pyridine rings is 1. The second-order valence-electron chi connectivity index (χ2n) is 9.46. The van der Waals surface area contributed by atoms with Gasteiger partial charge in [0.25, 0.3) is 15.9 Å². The van der Waals surface area contributed by atoms with Gasteiger partial charge in [0.2, 0.25) is 0 Å². The number of carbonyl (C=O) groups is 1. The smallest absolute Gasteiger partial charge is 0.262 e. The van der Waals surface area contributed by atoms with Gasteiger partial charge in [-0.1, -0.05) is 34.8 Å². The van der Waals surface area contributed by atoms with Crippen molar-refractivity contribution in [3.05, 3.63) is 80.6 Å². The minimum absolute atomic E-state index is 0.0664. The van der Waals surface area contributed by atoms with Crippen LogP contribution in [0, 0.1) is 19.8 Å². The third kappa shape index (κ3) is 6.72. The molecule has 1 aliphatic heterocycles. The molecule has 0 radical (unpaired) electrons. The van der Waals surface area contributed by atoms with Gasteiger partial charge in [0.1, 0.15) is 0 Å². The first kappa shape index (κ1) is 28.5. The lowest BCUT2D eigenvalue weighted by atomic mass is 9.93. The van der Waals surface area contributed by atoms with E-state index in [1.165, 1.54) is 23.9 Å². The molecule has 2 heterocycles. The zero-order valence-corrected chi connectivity index (χ0v) is 24.2. The highest BCUT2D eigenvalue weighted by Gasteiger charge is 2.23. The Hall–Kier alpha value is -2.52. The molecule has 7 nitrogen and oxygen atoms in total. The maximum absolute atomic E-state index is 13.1. The number of amides is 1. The van der Waals surface area contributed by atoms with Crippen molar-refractivity contribution in [3.63, 3.8) is 0 Å². The summed E-state index contributed by atoms with van der Waals surface area (Å²) in [7, 11) is -3.99. The fraction of sp³-hybridized carbons (Fsp3) is 0.333. The molecule has 0 atom stereocenters. The van der Waals surface area contributed by atoms with Gasteiger partial charge in [0.15, 0.2) is 0 Å². The van der Waals surface area contributed by atoms with E-state index in [0.717, 1.165) is 32.4 Å². The third-order valence-electron chi connectivity index (χ3n) is 6.77.